The van der Waals surface area contributed by atoms with Crippen LogP contribution in [0.4, 0.5) is 39.5 Å². The number of hydrogen-bond acceptors (Lipinski definition) is 23. The monoisotopic (exact) mass is 1600 g/mol. The van der Waals surface area contributed by atoms with E-state index in [0.29, 0.717) is 43.8 Å². The highest BCUT2D eigenvalue weighted by atomic mass is 35.5. The van der Waals surface area contributed by atoms with E-state index >= 15 is 0 Å². The van der Waals surface area contributed by atoms with Gasteiger partial charge in [0.05, 0.1) is 143 Å². The largest absolute Gasteiger partial charge is 0.495 e. The number of likely N-dealkylation sites (tertiary alicyclic amines) is 1. The maximum atomic E-state index is 14.2. The third-order valence-electron chi connectivity index (χ3n) is 17.6. The first-order valence-corrected chi connectivity index (χ1v) is 35.5. The molecule has 1 aliphatic heterocycles. The fourth-order valence-electron chi connectivity index (χ4n) is 12.8. The number of hydrogen-bond donors (Lipinski definition) is 5. The molecule has 3 aromatic carbocycles. The van der Waals surface area contributed by atoms with Crippen molar-refractivity contribution in [3.8, 4) is 113 Å². The maximum absolute atomic E-state index is 14.2. The van der Waals surface area contributed by atoms with E-state index < -0.39 is 65.4 Å². The molecule has 0 unspecified atom stereocenters. The maximum Gasteiger partial charge on any atom is 0.433 e. The molecule has 2 fully saturated rings. The third kappa shape index (κ3) is 17.5. The van der Waals surface area contributed by atoms with E-state index in [1.54, 1.807) is 73.3 Å². The molecular weight excluding hydrogens is 1540 g/mol. The summed E-state index contributed by atoms with van der Waals surface area (Å²) in [5.41, 5.74) is -1.47. The number of aliphatic hydroxyl groups is 3. The first-order chi connectivity index (χ1) is 54.4. The van der Waals surface area contributed by atoms with Gasteiger partial charge in [-0.3, -0.25) is 28.4 Å². The third-order valence-corrected chi connectivity index (χ3v) is 18.0. The Morgan fingerprint density at radius 1 is 0.509 bits per heavy atom. The Kier molecular flexibility index (Phi) is 24.2. The van der Waals surface area contributed by atoms with Crippen LogP contribution < -0.4 is 20.1 Å². The molecule has 39 heteroatoms. The van der Waals surface area contributed by atoms with Crippen molar-refractivity contribution < 1.29 is 92.3 Å². The van der Waals surface area contributed by atoms with E-state index in [1.165, 1.54) is 90.8 Å². The molecule has 1 saturated carbocycles. The molecule has 14 rings (SSSR count). The molecule has 0 bridgehead atoms. The Morgan fingerprint density at radius 3 is 1.18 bits per heavy atom. The lowest BCUT2D eigenvalue weighted by molar-refractivity contribution is -0.145. The molecule has 0 radical (unpaired) electrons. The number of nitrogens with zero attached hydrogens (tertiary/aromatic N) is 16. The predicted octanol–water partition coefficient (Wildman–Crippen LogP) is 13.1. The van der Waals surface area contributed by atoms with Gasteiger partial charge < -0.3 is 53.9 Å². The molecule has 2 aliphatic rings. The van der Waals surface area contributed by atoms with Crippen LogP contribution in [0.15, 0.2) is 143 Å². The molecule has 3 amide bonds. The second kappa shape index (κ2) is 34.0. The summed E-state index contributed by atoms with van der Waals surface area (Å²) < 4.78 is 158. The summed E-state index contributed by atoms with van der Waals surface area (Å²) in [5, 5.41) is 58.8. The number of aliphatic hydroxyl groups excluding tert-OH is 3. The number of benzene rings is 3. The van der Waals surface area contributed by atoms with Crippen molar-refractivity contribution in [3.05, 3.63) is 168 Å². The Hall–Kier alpha value is -12.3. The first-order valence-electron chi connectivity index (χ1n) is 35.1. The lowest BCUT2D eigenvalue weighted by atomic mass is 9.97. The number of amides is 3. The SMILES string of the molecule is COc1c(C(=O)NC(C)C)cccc1-c1noc(-c2cnn(C[C@@H](C)O)c2C(F)(F)F)c1-c1ccncn1.COc1c(C(=O)NC2CC2)cccc1-c1noc(-c2cnn(C[C@@H](C)O)c2C(F)(F)F)c1-c1ccncn1.C[C@@H](O)Cn1ncc(-c2onc(-c3cccc(C(=O)N4CCCC4)c3Cl)c2-c2ccncn2)c1C(F)(F)F. The number of alkyl halides is 9. The van der Waals surface area contributed by atoms with Crippen LogP contribution in [0.5, 0.6) is 11.5 Å². The van der Waals surface area contributed by atoms with Crippen LogP contribution in [0.25, 0.3) is 102 Å². The van der Waals surface area contributed by atoms with Gasteiger partial charge in [0.2, 0.25) is 0 Å². The summed E-state index contributed by atoms with van der Waals surface area (Å²) in [6.45, 7) is 7.78. The first kappa shape index (κ1) is 81.2. The Labute approximate surface area is 646 Å². The smallest absolute Gasteiger partial charge is 0.433 e. The van der Waals surface area contributed by atoms with Crippen molar-refractivity contribution >= 4 is 29.3 Å². The zero-order chi connectivity index (χ0) is 81.7. The highest BCUT2D eigenvalue weighted by Crippen LogP contribution is 2.51. The molecule has 10 heterocycles. The minimum atomic E-state index is -4.83. The normalized spacial score (nSPS) is 13.9. The number of methoxy groups -OCH3 is 2. The van der Waals surface area contributed by atoms with Crippen molar-refractivity contribution in [1.29, 1.82) is 0 Å². The Balaban J connectivity index is 0.000000158. The minimum Gasteiger partial charge on any atom is -0.495 e. The molecular formula is C75H70ClF9N18O11. The average molecular weight is 1610 g/mol. The number of nitrogens with one attached hydrogen (secondary N) is 2. The van der Waals surface area contributed by atoms with Crippen LogP contribution >= 0.6 is 11.6 Å². The van der Waals surface area contributed by atoms with Crippen LogP contribution in [0.2, 0.25) is 5.02 Å². The summed E-state index contributed by atoms with van der Waals surface area (Å²) in [6.07, 6.45) is -3.10. The van der Waals surface area contributed by atoms with Gasteiger partial charge in [-0.25, -0.2) is 29.9 Å². The van der Waals surface area contributed by atoms with E-state index in [-0.39, 0.29) is 156 Å². The van der Waals surface area contributed by atoms with Gasteiger partial charge in [0, 0.05) is 60.5 Å². The van der Waals surface area contributed by atoms with Crippen LogP contribution in [0.3, 0.4) is 0 Å². The Bertz CT molecular complexity index is 5190. The second-order valence-electron chi connectivity index (χ2n) is 26.6. The topological polar surface area (TPSA) is 367 Å². The van der Waals surface area contributed by atoms with Gasteiger partial charge in [-0.15, -0.1) is 0 Å². The highest BCUT2D eigenvalue weighted by molar-refractivity contribution is 6.36. The highest BCUT2D eigenvalue weighted by Gasteiger charge is 2.45. The molecule has 12 aromatic rings. The number of para-hydroxylation sites is 2. The Morgan fingerprint density at radius 2 is 0.860 bits per heavy atom. The van der Waals surface area contributed by atoms with Crippen molar-refractivity contribution in [2.45, 2.75) is 129 Å². The molecule has 29 nitrogen and oxygen atoms in total. The van der Waals surface area contributed by atoms with Crippen LogP contribution in [0, 0.1) is 0 Å². The lowest BCUT2D eigenvalue weighted by Gasteiger charge is -2.17. The van der Waals surface area contributed by atoms with Crippen LogP contribution in [0.1, 0.15) is 108 Å². The molecule has 1 aliphatic carbocycles. The van der Waals surface area contributed by atoms with Gasteiger partial charge in [0.25, 0.3) is 17.7 Å². The number of carbonyl (C=O) groups is 3. The second-order valence-corrected chi connectivity index (χ2v) is 27.0. The van der Waals surface area contributed by atoms with Crippen LogP contribution in [-0.4, -0.2) is 170 Å². The molecule has 1 saturated heterocycles. The molecule has 0 spiro atoms. The van der Waals surface area contributed by atoms with E-state index in [0.717, 1.165) is 44.3 Å². The predicted molar refractivity (Wildman–Crippen MR) is 389 cm³/mol. The summed E-state index contributed by atoms with van der Waals surface area (Å²) >= 11 is 6.71. The number of aromatic nitrogens is 15. The summed E-state index contributed by atoms with van der Waals surface area (Å²) in [6, 6.07) is 18.9. The van der Waals surface area contributed by atoms with Crippen LogP contribution in [-0.2, 0) is 38.2 Å². The fourth-order valence-corrected chi connectivity index (χ4v) is 13.1. The summed E-state index contributed by atoms with van der Waals surface area (Å²) in [5.74, 6) is -1.36. The minimum absolute atomic E-state index is 0.0976. The zero-order valence-corrected chi connectivity index (χ0v) is 62.2. The molecule has 9 aromatic heterocycles. The van der Waals surface area contributed by atoms with Crippen molar-refractivity contribution in [2.24, 2.45) is 0 Å². The van der Waals surface area contributed by atoms with Gasteiger partial charge in [-0.2, -0.15) is 54.8 Å². The van der Waals surface area contributed by atoms with Crippen molar-refractivity contribution in [2.75, 3.05) is 27.3 Å². The zero-order valence-electron chi connectivity index (χ0n) is 61.4. The van der Waals surface area contributed by atoms with Crippen molar-refractivity contribution in [1.82, 2.24) is 90.2 Å². The quantitative estimate of drug-likeness (QED) is 0.0393. The molecule has 5 N–H and O–H groups in total. The van der Waals surface area contributed by atoms with E-state index in [9.17, 15) is 69.2 Å². The standard InChI is InChI=1S/C25H22ClF3N6O3.C25H23F3N6O4.C25H25F3N6O4/c1-14(36)12-35-23(25(27,28)29)17(11-32-35)22-19(18-7-8-30-13-31-18)21(33-38-22)15-5-4-6-16(20(15)26)24(37)34-9-2-3-10-34;1-13(35)11-34-23(25(26,27)28)17(10-31-34)22-19(18-8-9-29-12-30-18)20(33-38-22)15-4-3-5-16(21(15)37-2)24(36)32-14-6-7-14;1-13(2)32-24(36)16-7-5-6-15(21(16)37-4)20-19(18-8-9-29-12-30-18)22(38-33-20)17-10-31-34(11-14(3)35)23(17)25(26,27)28/h4-8,11,13-14,36H,2-3,9-10,12H2,1H3;3-5,8-10,12-14,35H,6-7,11H2,1-2H3,(H,32,36);5-10,12-14,35H,11H2,1-4H3,(H,32,36)/t14-;13-;14-/m111/s1. The average Bonchev–Trinajstić information content (AvgIpc) is 1.60. The van der Waals surface area contributed by atoms with Gasteiger partial charge in [-0.1, -0.05) is 51.3 Å². The van der Waals surface area contributed by atoms with Gasteiger partial charge in [-0.05, 0) is 109 Å². The van der Waals surface area contributed by atoms with Gasteiger partial charge >= 0.3 is 18.5 Å². The lowest BCUT2D eigenvalue weighted by Crippen LogP contribution is -2.30. The van der Waals surface area contributed by atoms with E-state index in [1.807, 2.05) is 0 Å². The summed E-state index contributed by atoms with van der Waals surface area (Å²) in [7, 11) is 2.76. The number of halogens is 10. The number of ether oxygens (including phenoxy) is 2. The molecule has 596 valence electrons. The van der Waals surface area contributed by atoms with Gasteiger partial charge in [0.1, 0.15) is 47.6 Å². The molecule has 3 atom stereocenters. The van der Waals surface area contributed by atoms with E-state index in [2.05, 4.69) is 71.3 Å². The van der Waals surface area contributed by atoms with Gasteiger partial charge in [0.15, 0.2) is 34.4 Å². The van der Waals surface area contributed by atoms with E-state index in [4.69, 9.17) is 34.6 Å². The number of rotatable bonds is 22. The number of carbonyl (C=O) groups excluding carboxylic acids is 3. The van der Waals surface area contributed by atoms with Crippen molar-refractivity contribution in [3.63, 3.8) is 0 Å². The fraction of sp³-hybridized carbons (Fsp3) is 0.320. The summed E-state index contributed by atoms with van der Waals surface area (Å²) in [4.78, 5) is 64.8. The molecule has 114 heavy (non-hydrogen) atoms.